The van der Waals surface area contributed by atoms with Gasteiger partial charge in [-0.1, -0.05) is 6.07 Å². The average molecular weight is 240 g/mol. The van der Waals surface area contributed by atoms with E-state index in [0.29, 0.717) is 25.4 Å². The van der Waals surface area contributed by atoms with Gasteiger partial charge in [0.1, 0.15) is 5.82 Å². The molecule has 0 aliphatic rings. The molecule has 0 aliphatic carbocycles. The van der Waals surface area contributed by atoms with Crippen LogP contribution < -0.4 is 10.6 Å². The molecule has 94 valence electrons. The minimum atomic E-state index is -0.368. The van der Waals surface area contributed by atoms with Gasteiger partial charge in [-0.15, -0.1) is 0 Å². The fourth-order valence-corrected chi connectivity index (χ4v) is 1.26. The lowest BCUT2D eigenvalue weighted by molar-refractivity contribution is -0.115. The van der Waals surface area contributed by atoms with E-state index in [1.165, 1.54) is 12.1 Å². The summed E-state index contributed by atoms with van der Waals surface area (Å²) < 4.78 is 17.9. The molecule has 1 amide bonds. The molecule has 0 saturated carbocycles. The predicted molar refractivity (Wildman–Crippen MR) is 64.4 cm³/mol. The van der Waals surface area contributed by atoms with Crippen molar-refractivity contribution in [2.75, 3.05) is 31.6 Å². The summed E-state index contributed by atoms with van der Waals surface area (Å²) in [4.78, 5) is 11.4. The largest absolute Gasteiger partial charge is 0.380 e. The van der Waals surface area contributed by atoms with Gasteiger partial charge in [0.25, 0.3) is 0 Å². The van der Waals surface area contributed by atoms with E-state index in [1.54, 1.807) is 12.1 Å². The lowest BCUT2D eigenvalue weighted by Crippen LogP contribution is -2.30. The van der Waals surface area contributed by atoms with Crippen LogP contribution in [-0.2, 0) is 9.53 Å². The van der Waals surface area contributed by atoms with Gasteiger partial charge >= 0.3 is 0 Å². The first-order valence-corrected chi connectivity index (χ1v) is 5.56. The minimum Gasteiger partial charge on any atom is -0.380 e. The van der Waals surface area contributed by atoms with Gasteiger partial charge in [-0.25, -0.2) is 4.39 Å². The topological polar surface area (TPSA) is 50.4 Å². The third-order valence-corrected chi connectivity index (χ3v) is 2.02. The minimum absolute atomic E-state index is 0.184. The van der Waals surface area contributed by atoms with Crippen LogP contribution in [0.1, 0.15) is 6.92 Å². The number of hydrogen-bond acceptors (Lipinski definition) is 3. The zero-order valence-electron chi connectivity index (χ0n) is 9.83. The van der Waals surface area contributed by atoms with Gasteiger partial charge in [0.05, 0.1) is 13.2 Å². The lowest BCUT2D eigenvalue weighted by Gasteiger charge is -2.06. The van der Waals surface area contributed by atoms with Crippen LogP contribution in [0.25, 0.3) is 0 Å². The monoisotopic (exact) mass is 240 g/mol. The third kappa shape index (κ3) is 5.99. The maximum absolute atomic E-state index is 12.8. The highest BCUT2D eigenvalue weighted by Crippen LogP contribution is 2.08. The quantitative estimate of drug-likeness (QED) is 0.708. The maximum Gasteiger partial charge on any atom is 0.238 e. The molecule has 0 atom stereocenters. The van der Waals surface area contributed by atoms with Crippen molar-refractivity contribution in [3.05, 3.63) is 30.1 Å². The third-order valence-electron chi connectivity index (χ3n) is 2.02. The number of carbonyl (C=O) groups excluding carboxylic acids is 1. The van der Waals surface area contributed by atoms with Crippen molar-refractivity contribution in [2.45, 2.75) is 6.92 Å². The summed E-state index contributed by atoms with van der Waals surface area (Å²) in [7, 11) is 0. The molecule has 0 spiro atoms. The van der Waals surface area contributed by atoms with E-state index >= 15 is 0 Å². The summed E-state index contributed by atoms with van der Waals surface area (Å²) in [5.41, 5.74) is 0.460. The molecule has 0 heterocycles. The highest BCUT2D eigenvalue weighted by molar-refractivity contribution is 5.92. The molecule has 0 saturated heterocycles. The van der Waals surface area contributed by atoms with E-state index in [1.807, 2.05) is 6.92 Å². The molecule has 0 aromatic heterocycles. The second-order valence-corrected chi connectivity index (χ2v) is 3.43. The molecule has 0 bridgehead atoms. The molecule has 5 heteroatoms. The van der Waals surface area contributed by atoms with Crippen molar-refractivity contribution in [2.24, 2.45) is 0 Å². The predicted octanol–water partition coefficient (Wildman–Crippen LogP) is 1.39. The van der Waals surface area contributed by atoms with E-state index in [9.17, 15) is 9.18 Å². The smallest absolute Gasteiger partial charge is 0.238 e. The zero-order valence-corrected chi connectivity index (χ0v) is 9.83. The van der Waals surface area contributed by atoms with Crippen molar-refractivity contribution >= 4 is 11.6 Å². The summed E-state index contributed by atoms with van der Waals surface area (Å²) in [5, 5.41) is 5.52. The summed E-state index contributed by atoms with van der Waals surface area (Å²) in [6.45, 7) is 3.95. The molecule has 2 N–H and O–H groups in total. The first-order valence-electron chi connectivity index (χ1n) is 5.56. The molecule has 17 heavy (non-hydrogen) atoms. The van der Waals surface area contributed by atoms with Gasteiger partial charge in [0.15, 0.2) is 0 Å². The van der Waals surface area contributed by atoms with Gasteiger partial charge < -0.3 is 15.4 Å². The number of anilines is 1. The second-order valence-electron chi connectivity index (χ2n) is 3.43. The van der Waals surface area contributed by atoms with E-state index in [-0.39, 0.29) is 18.3 Å². The number of ether oxygens (including phenoxy) is 1. The van der Waals surface area contributed by atoms with Crippen LogP contribution in [-0.4, -0.2) is 32.2 Å². The second kappa shape index (κ2) is 7.76. The van der Waals surface area contributed by atoms with Crippen molar-refractivity contribution < 1.29 is 13.9 Å². The number of nitrogens with one attached hydrogen (secondary N) is 2. The molecule has 0 unspecified atom stereocenters. The molecule has 0 radical (unpaired) electrons. The van der Waals surface area contributed by atoms with Crippen LogP contribution in [0.5, 0.6) is 0 Å². The average Bonchev–Trinajstić information content (AvgIpc) is 2.29. The lowest BCUT2D eigenvalue weighted by atomic mass is 10.3. The first kappa shape index (κ1) is 13.6. The standard InChI is InChI=1S/C12H17FN2O2/c1-2-17-7-6-14-9-12(16)15-11-5-3-4-10(13)8-11/h3-5,8,14H,2,6-7,9H2,1H3,(H,15,16). The molecule has 1 aromatic carbocycles. The Morgan fingerprint density at radius 2 is 2.29 bits per heavy atom. The van der Waals surface area contributed by atoms with Crippen LogP contribution in [0.2, 0.25) is 0 Å². The molecule has 1 rings (SSSR count). The summed E-state index contributed by atoms with van der Waals surface area (Å²) in [6.07, 6.45) is 0. The van der Waals surface area contributed by atoms with Crippen LogP contribution in [0.4, 0.5) is 10.1 Å². The summed E-state index contributed by atoms with van der Waals surface area (Å²) in [6, 6.07) is 5.79. The van der Waals surface area contributed by atoms with Crippen LogP contribution in [0.3, 0.4) is 0 Å². The van der Waals surface area contributed by atoms with Crippen molar-refractivity contribution in [3.63, 3.8) is 0 Å². The maximum atomic E-state index is 12.8. The normalized spacial score (nSPS) is 10.2. The Hall–Kier alpha value is -1.46. The SMILES string of the molecule is CCOCCNCC(=O)Nc1cccc(F)c1. The molecular weight excluding hydrogens is 223 g/mol. The number of hydrogen-bond donors (Lipinski definition) is 2. The fourth-order valence-electron chi connectivity index (χ4n) is 1.26. The van der Waals surface area contributed by atoms with Gasteiger partial charge in [-0.05, 0) is 25.1 Å². The summed E-state index contributed by atoms with van der Waals surface area (Å²) in [5.74, 6) is -0.570. The van der Waals surface area contributed by atoms with E-state index in [0.717, 1.165) is 0 Å². The summed E-state index contributed by atoms with van der Waals surface area (Å²) >= 11 is 0. The Morgan fingerprint density at radius 1 is 1.47 bits per heavy atom. The number of rotatable bonds is 7. The zero-order chi connectivity index (χ0) is 12.5. The van der Waals surface area contributed by atoms with Crippen molar-refractivity contribution in [1.82, 2.24) is 5.32 Å². The van der Waals surface area contributed by atoms with Crippen LogP contribution in [0, 0.1) is 5.82 Å². The fraction of sp³-hybridized carbons (Fsp3) is 0.417. The Morgan fingerprint density at radius 3 is 3.00 bits per heavy atom. The number of halogens is 1. The number of carbonyl (C=O) groups is 1. The van der Waals surface area contributed by atoms with Gasteiger partial charge in [0, 0.05) is 18.8 Å². The van der Waals surface area contributed by atoms with Crippen LogP contribution in [0.15, 0.2) is 24.3 Å². The molecular formula is C12H17FN2O2. The highest BCUT2D eigenvalue weighted by Gasteiger charge is 2.01. The highest BCUT2D eigenvalue weighted by atomic mass is 19.1. The Labute approximate surface area is 100 Å². The first-order chi connectivity index (χ1) is 8.22. The molecule has 0 aliphatic heterocycles. The van der Waals surface area contributed by atoms with E-state index in [2.05, 4.69) is 10.6 Å². The molecule has 4 nitrogen and oxygen atoms in total. The van der Waals surface area contributed by atoms with Gasteiger partial charge in [0.2, 0.25) is 5.91 Å². The van der Waals surface area contributed by atoms with Gasteiger partial charge in [-0.2, -0.15) is 0 Å². The van der Waals surface area contributed by atoms with E-state index in [4.69, 9.17) is 4.74 Å². The number of benzene rings is 1. The Kier molecular flexibility index (Phi) is 6.21. The molecule has 1 aromatic rings. The Bertz CT molecular complexity index is 358. The Balaban J connectivity index is 2.21. The molecule has 0 fully saturated rings. The van der Waals surface area contributed by atoms with Crippen LogP contribution >= 0.6 is 0 Å². The van der Waals surface area contributed by atoms with Crippen molar-refractivity contribution in [1.29, 1.82) is 0 Å². The van der Waals surface area contributed by atoms with E-state index < -0.39 is 0 Å². The van der Waals surface area contributed by atoms with Gasteiger partial charge in [-0.3, -0.25) is 4.79 Å². The van der Waals surface area contributed by atoms with Crippen molar-refractivity contribution in [3.8, 4) is 0 Å². The number of amides is 1.